The normalized spacial score (nSPS) is 13.8. The monoisotopic (exact) mass is 251 g/mol. The third kappa shape index (κ3) is 4.37. The Morgan fingerprint density at radius 3 is 2.44 bits per heavy atom. The maximum absolute atomic E-state index is 11.8. The van der Waals surface area contributed by atoms with Gasteiger partial charge in [0.25, 0.3) is 5.91 Å². The highest BCUT2D eigenvalue weighted by Gasteiger charge is 2.18. The van der Waals surface area contributed by atoms with E-state index in [1.807, 2.05) is 13.8 Å². The predicted molar refractivity (Wildman–Crippen MR) is 70.9 cm³/mol. The molecule has 0 aliphatic carbocycles. The molecule has 0 radical (unpaired) electrons. The molecule has 100 valence electrons. The Hall–Kier alpha value is -1.55. The van der Waals surface area contributed by atoms with Crippen LogP contribution in [0.15, 0.2) is 24.3 Å². The van der Waals surface area contributed by atoms with Gasteiger partial charge < -0.3 is 15.2 Å². The lowest BCUT2D eigenvalue weighted by Crippen LogP contribution is -2.40. The zero-order valence-corrected chi connectivity index (χ0v) is 11.2. The van der Waals surface area contributed by atoms with Crippen molar-refractivity contribution in [3.05, 3.63) is 29.8 Å². The second kappa shape index (κ2) is 6.40. The number of ether oxygens (including phenoxy) is 1. The van der Waals surface area contributed by atoms with Crippen molar-refractivity contribution in [2.75, 3.05) is 13.2 Å². The van der Waals surface area contributed by atoms with Gasteiger partial charge in [-0.2, -0.15) is 0 Å². The van der Waals surface area contributed by atoms with Crippen LogP contribution in [-0.2, 0) is 0 Å². The predicted octanol–water partition coefficient (Wildman–Crippen LogP) is 1.98. The topological polar surface area (TPSA) is 58.6 Å². The van der Waals surface area contributed by atoms with Gasteiger partial charge in [-0.1, -0.05) is 6.92 Å². The second-order valence-corrected chi connectivity index (χ2v) is 4.49. The molecule has 1 rings (SSSR count). The van der Waals surface area contributed by atoms with Crippen LogP contribution in [0, 0.1) is 0 Å². The van der Waals surface area contributed by atoms with Crippen molar-refractivity contribution in [3.63, 3.8) is 0 Å². The highest BCUT2D eigenvalue weighted by atomic mass is 16.5. The minimum absolute atomic E-state index is 0.188. The lowest BCUT2D eigenvalue weighted by atomic mass is 10.0. The molecule has 0 aliphatic heterocycles. The van der Waals surface area contributed by atoms with Crippen LogP contribution in [-0.4, -0.2) is 29.8 Å². The summed E-state index contributed by atoms with van der Waals surface area (Å²) in [7, 11) is 0. The summed E-state index contributed by atoms with van der Waals surface area (Å²) >= 11 is 0. The van der Waals surface area contributed by atoms with Crippen LogP contribution in [0.3, 0.4) is 0 Å². The largest absolute Gasteiger partial charge is 0.494 e. The van der Waals surface area contributed by atoms with Crippen molar-refractivity contribution in [3.8, 4) is 5.75 Å². The molecule has 0 aromatic heterocycles. The molecule has 0 spiro atoms. The standard InChI is InChI=1S/C14H21NO3/c1-4-14(3,17)10-15-13(16)11-6-8-12(9-7-11)18-5-2/h6-9,17H,4-5,10H2,1-3H3,(H,15,16). The summed E-state index contributed by atoms with van der Waals surface area (Å²) in [6, 6.07) is 6.94. The summed E-state index contributed by atoms with van der Waals surface area (Å²) < 4.78 is 5.30. The lowest BCUT2D eigenvalue weighted by molar-refractivity contribution is 0.0518. The third-order valence-corrected chi connectivity index (χ3v) is 2.82. The molecular formula is C14H21NO3. The minimum Gasteiger partial charge on any atom is -0.494 e. The summed E-state index contributed by atoms with van der Waals surface area (Å²) in [5, 5.41) is 12.5. The molecule has 1 aromatic rings. The van der Waals surface area contributed by atoms with Crippen molar-refractivity contribution < 1.29 is 14.6 Å². The Morgan fingerprint density at radius 1 is 1.33 bits per heavy atom. The second-order valence-electron chi connectivity index (χ2n) is 4.49. The molecule has 1 unspecified atom stereocenters. The molecule has 0 saturated heterocycles. The Bertz CT molecular complexity index is 385. The van der Waals surface area contributed by atoms with Gasteiger partial charge in [0, 0.05) is 12.1 Å². The fraction of sp³-hybridized carbons (Fsp3) is 0.500. The van der Waals surface area contributed by atoms with Gasteiger partial charge in [-0.05, 0) is 44.5 Å². The van der Waals surface area contributed by atoms with Crippen LogP contribution in [0.2, 0.25) is 0 Å². The molecule has 0 saturated carbocycles. The fourth-order valence-electron chi connectivity index (χ4n) is 1.37. The first-order valence-corrected chi connectivity index (χ1v) is 6.22. The van der Waals surface area contributed by atoms with Gasteiger partial charge >= 0.3 is 0 Å². The summed E-state index contributed by atoms with van der Waals surface area (Å²) in [5.41, 5.74) is -0.300. The van der Waals surface area contributed by atoms with Crippen LogP contribution in [0.1, 0.15) is 37.6 Å². The zero-order chi connectivity index (χ0) is 13.6. The van der Waals surface area contributed by atoms with E-state index in [4.69, 9.17) is 4.74 Å². The number of amides is 1. The molecule has 0 aliphatic rings. The number of carbonyl (C=O) groups excluding carboxylic acids is 1. The van der Waals surface area contributed by atoms with Gasteiger partial charge in [-0.15, -0.1) is 0 Å². The van der Waals surface area contributed by atoms with Crippen LogP contribution in [0.5, 0.6) is 5.75 Å². The van der Waals surface area contributed by atoms with Crippen molar-refractivity contribution in [2.45, 2.75) is 32.8 Å². The summed E-state index contributed by atoms with van der Waals surface area (Å²) in [6.07, 6.45) is 0.594. The van der Waals surface area contributed by atoms with Crippen molar-refractivity contribution in [2.24, 2.45) is 0 Å². The van der Waals surface area contributed by atoms with E-state index in [0.29, 0.717) is 18.6 Å². The van der Waals surface area contributed by atoms with Gasteiger partial charge in [-0.25, -0.2) is 0 Å². The van der Waals surface area contributed by atoms with Crippen molar-refractivity contribution >= 4 is 5.91 Å². The maximum Gasteiger partial charge on any atom is 0.251 e. The molecule has 1 aromatic carbocycles. The third-order valence-electron chi connectivity index (χ3n) is 2.82. The first-order valence-electron chi connectivity index (χ1n) is 6.22. The summed E-state index contributed by atoms with van der Waals surface area (Å²) in [6.45, 7) is 6.34. The van der Waals surface area contributed by atoms with Crippen LogP contribution in [0.25, 0.3) is 0 Å². The SMILES string of the molecule is CCOc1ccc(C(=O)NCC(C)(O)CC)cc1. The van der Waals surface area contributed by atoms with Crippen LogP contribution in [0.4, 0.5) is 0 Å². The Labute approximate surface area is 108 Å². The van der Waals surface area contributed by atoms with E-state index in [-0.39, 0.29) is 12.5 Å². The molecule has 1 atom stereocenters. The first-order chi connectivity index (χ1) is 8.48. The summed E-state index contributed by atoms with van der Waals surface area (Å²) in [4.78, 5) is 11.8. The Morgan fingerprint density at radius 2 is 1.94 bits per heavy atom. The van der Waals surface area contributed by atoms with Gasteiger partial charge in [0.1, 0.15) is 5.75 Å². The molecule has 4 heteroatoms. The van der Waals surface area contributed by atoms with Gasteiger partial charge in [0.15, 0.2) is 0 Å². The van der Waals surface area contributed by atoms with E-state index >= 15 is 0 Å². The zero-order valence-electron chi connectivity index (χ0n) is 11.2. The van der Waals surface area contributed by atoms with Gasteiger partial charge in [-0.3, -0.25) is 4.79 Å². The van der Waals surface area contributed by atoms with E-state index in [9.17, 15) is 9.90 Å². The molecule has 2 N–H and O–H groups in total. The van der Waals surface area contributed by atoms with Crippen LogP contribution >= 0.6 is 0 Å². The maximum atomic E-state index is 11.8. The molecule has 4 nitrogen and oxygen atoms in total. The molecule has 1 amide bonds. The molecule has 0 heterocycles. The Kier molecular flexibility index (Phi) is 5.16. The van der Waals surface area contributed by atoms with Crippen LogP contribution < -0.4 is 10.1 Å². The first kappa shape index (κ1) is 14.5. The van der Waals surface area contributed by atoms with E-state index < -0.39 is 5.60 Å². The lowest BCUT2D eigenvalue weighted by Gasteiger charge is -2.21. The highest BCUT2D eigenvalue weighted by Crippen LogP contribution is 2.12. The highest BCUT2D eigenvalue weighted by molar-refractivity contribution is 5.94. The molecule has 0 fully saturated rings. The number of rotatable bonds is 6. The van der Waals surface area contributed by atoms with Gasteiger partial charge in [0.2, 0.25) is 0 Å². The number of nitrogens with one attached hydrogen (secondary N) is 1. The number of hydrogen-bond acceptors (Lipinski definition) is 3. The van der Waals surface area contributed by atoms with Crippen molar-refractivity contribution in [1.29, 1.82) is 0 Å². The van der Waals surface area contributed by atoms with Crippen molar-refractivity contribution in [1.82, 2.24) is 5.32 Å². The average molecular weight is 251 g/mol. The fourth-order valence-corrected chi connectivity index (χ4v) is 1.37. The molecular weight excluding hydrogens is 230 g/mol. The number of aliphatic hydroxyl groups is 1. The Balaban J connectivity index is 2.56. The van der Waals surface area contributed by atoms with E-state index in [0.717, 1.165) is 5.75 Å². The molecule has 18 heavy (non-hydrogen) atoms. The molecule has 0 bridgehead atoms. The number of benzene rings is 1. The number of carbonyl (C=O) groups is 1. The quantitative estimate of drug-likeness (QED) is 0.812. The minimum atomic E-state index is -0.860. The smallest absolute Gasteiger partial charge is 0.251 e. The van der Waals surface area contributed by atoms with E-state index in [1.165, 1.54) is 0 Å². The van der Waals surface area contributed by atoms with E-state index in [2.05, 4.69) is 5.32 Å². The van der Waals surface area contributed by atoms with E-state index in [1.54, 1.807) is 31.2 Å². The average Bonchev–Trinajstić information content (AvgIpc) is 2.37. The summed E-state index contributed by atoms with van der Waals surface area (Å²) in [5.74, 6) is 0.557. The van der Waals surface area contributed by atoms with Gasteiger partial charge in [0.05, 0.1) is 12.2 Å². The number of hydrogen-bond donors (Lipinski definition) is 2.